The van der Waals surface area contributed by atoms with Crippen molar-refractivity contribution in [2.75, 3.05) is 0 Å². The topological polar surface area (TPSA) is 20.2 Å². The second kappa shape index (κ2) is 24.8. The number of phenolic OH excluding ortho intramolecular Hbond substituents is 1. The van der Waals surface area contributed by atoms with E-state index in [1.165, 1.54) is 172 Å². The van der Waals surface area contributed by atoms with Gasteiger partial charge in [0.1, 0.15) is 5.75 Å². The quantitative estimate of drug-likeness (QED) is 0.110. The number of hydrogen-bond acceptors (Lipinski definition) is 1. The van der Waals surface area contributed by atoms with Gasteiger partial charge < -0.3 is 5.11 Å². The van der Waals surface area contributed by atoms with E-state index in [1.54, 1.807) is 16.7 Å². The van der Waals surface area contributed by atoms with E-state index < -0.39 is 0 Å². The Morgan fingerprint density at radius 2 is 0.513 bits per heavy atom. The average Bonchev–Trinajstić information content (AvgIpc) is 2.94. The Morgan fingerprint density at radius 3 is 0.821 bits per heavy atom. The van der Waals surface area contributed by atoms with Gasteiger partial charge in [-0.3, -0.25) is 0 Å². The van der Waals surface area contributed by atoms with E-state index >= 15 is 0 Å². The van der Waals surface area contributed by atoms with Crippen LogP contribution in [0, 0.1) is 0 Å². The fourth-order valence-electron chi connectivity index (χ4n) is 6.43. The molecule has 0 heterocycles. The molecular weight excluding hydrogens is 472 g/mol. The van der Waals surface area contributed by atoms with Crippen molar-refractivity contribution in [1.29, 1.82) is 0 Å². The Balaban J connectivity index is 3.41. The maximum absolute atomic E-state index is 11.9. The van der Waals surface area contributed by atoms with Crippen LogP contribution in [0.15, 0.2) is 0 Å². The van der Waals surface area contributed by atoms with Crippen molar-refractivity contribution in [3.8, 4) is 5.75 Å². The predicted octanol–water partition coefficient (Wildman–Crippen LogP) is 12.8. The van der Waals surface area contributed by atoms with Crippen LogP contribution in [0.5, 0.6) is 5.75 Å². The fraction of sp³-hybridized carbons (Fsp3) is 0.842. The van der Waals surface area contributed by atoms with Crippen molar-refractivity contribution < 1.29 is 5.11 Å². The molecule has 0 unspecified atom stereocenters. The van der Waals surface area contributed by atoms with Gasteiger partial charge >= 0.3 is 0 Å². The van der Waals surface area contributed by atoms with Crippen LogP contribution in [0.25, 0.3) is 0 Å². The standard InChI is InChI=1S/C38H70O/c1-6-11-16-20-24-29-33-34(30-25-21-17-12-7-2)36(28-15-10-5)38(39)37(32-27-23-19-14-9-4)35(33)31-26-22-18-13-8-3/h39H,6-32H2,1-5H3. The zero-order valence-electron chi connectivity index (χ0n) is 27.5. The van der Waals surface area contributed by atoms with Gasteiger partial charge in [-0.05, 0) is 92.0 Å². The van der Waals surface area contributed by atoms with Crippen LogP contribution in [0.3, 0.4) is 0 Å². The average molecular weight is 543 g/mol. The minimum absolute atomic E-state index is 0.723. The van der Waals surface area contributed by atoms with E-state index in [1.807, 2.05) is 0 Å². The van der Waals surface area contributed by atoms with Crippen LogP contribution in [-0.2, 0) is 32.1 Å². The molecule has 0 fully saturated rings. The first-order valence-corrected chi connectivity index (χ1v) is 18.0. The summed E-state index contributed by atoms with van der Waals surface area (Å²) >= 11 is 0. The summed E-state index contributed by atoms with van der Waals surface area (Å²) in [5.74, 6) is 0.723. The lowest BCUT2D eigenvalue weighted by molar-refractivity contribution is 0.453. The van der Waals surface area contributed by atoms with Crippen LogP contribution in [0.1, 0.15) is 204 Å². The number of hydrogen-bond donors (Lipinski definition) is 1. The lowest BCUT2D eigenvalue weighted by Crippen LogP contribution is -2.11. The van der Waals surface area contributed by atoms with E-state index in [2.05, 4.69) is 34.6 Å². The molecule has 228 valence electrons. The molecule has 0 aliphatic carbocycles. The summed E-state index contributed by atoms with van der Waals surface area (Å²) in [4.78, 5) is 0. The van der Waals surface area contributed by atoms with Gasteiger partial charge in [0.2, 0.25) is 0 Å². The lowest BCUT2D eigenvalue weighted by atomic mass is 9.81. The van der Waals surface area contributed by atoms with Gasteiger partial charge in [-0.25, -0.2) is 0 Å². The second-order valence-electron chi connectivity index (χ2n) is 12.5. The fourth-order valence-corrected chi connectivity index (χ4v) is 6.43. The number of phenols is 1. The van der Waals surface area contributed by atoms with Crippen LogP contribution < -0.4 is 0 Å². The van der Waals surface area contributed by atoms with Crippen molar-refractivity contribution >= 4 is 0 Å². The number of unbranched alkanes of at least 4 members (excludes halogenated alkanes) is 17. The van der Waals surface area contributed by atoms with E-state index in [0.29, 0.717) is 0 Å². The van der Waals surface area contributed by atoms with Crippen molar-refractivity contribution in [2.45, 2.75) is 208 Å². The lowest BCUT2D eigenvalue weighted by Gasteiger charge is -2.25. The molecule has 1 N–H and O–H groups in total. The van der Waals surface area contributed by atoms with E-state index in [-0.39, 0.29) is 0 Å². The monoisotopic (exact) mass is 543 g/mol. The molecule has 1 rings (SSSR count). The highest BCUT2D eigenvalue weighted by atomic mass is 16.3. The molecule has 1 aromatic carbocycles. The highest BCUT2D eigenvalue weighted by Crippen LogP contribution is 2.39. The summed E-state index contributed by atoms with van der Waals surface area (Å²) in [7, 11) is 0. The van der Waals surface area contributed by atoms with Crippen LogP contribution in [-0.4, -0.2) is 5.11 Å². The first-order valence-electron chi connectivity index (χ1n) is 18.0. The van der Waals surface area contributed by atoms with Crippen molar-refractivity contribution in [3.05, 3.63) is 27.8 Å². The molecule has 0 aromatic heterocycles. The Bertz CT molecular complexity index is 703. The summed E-state index contributed by atoms with van der Waals surface area (Å²) in [5.41, 5.74) is 7.61. The highest BCUT2D eigenvalue weighted by molar-refractivity contribution is 5.56. The third-order valence-electron chi connectivity index (χ3n) is 8.93. The first kappa shape index (κ1) is 36.0. The Hall–Kier alpha value is -0.980. The van der Waals surface area contributed by atoms with Crippen molar-refractivity contribution in [2.24, 2.45) is 0 Å². The minimum atomic E-state index is 0.723. The zero-order chi connectivity index (χ0) is 28.6. The smallest absolute Gasteiger partial charge is 0.122 e. The van der Waals surface area contributed by atoms with Gasteiger partial charge in [0, 0.05) is 0 Å². The maximum atomic E-state index is 11.9. The van der Waals surface area contributed by atoms with Gasteiger partial charge in [0.05, 0.1) is 0 Å². The molecule has 0 saturated carbocycles. The molecule has 0 aliphatic heterocycles. The third kappa shape index (κ3) is 15.0. The molecule has 1 heteroatoms. The van der Waals surface area contributed by atoms with Crippen LogP contribution in [0.4, 0.5) is 0 Å². The highest BCUT2D eigenvalue weighted by Gasteiger charge is 2.22. The van der Waals surface area contributed by atoms with Gasteiger partial charge in [-0.1, -0.05) is 144 Å². The van der Waals surface area contributed by atoms with Crippen LogP contribution >= 0.6 is 0 Å². The molecule has 0 bridgehead atoms. The van der Waals surface area contributed by atoms with Crippen molar-refractivity contribution in [3.63, 3.8) is 0 Å². The SMILES string of the molecule is CCCCCCCc1c(O)c(CCCC)c(CCCCCCC)c(CCCCCCC)c1CCCCCCC. The molecular formula is C38H70O. The second-order valence-corrected chi connectivity index (χ2v) is 12.5. The predicted molar refractivity (Wildman–Crippen MR) is 177 cm³/mol. The number of rotatable bonds is 27. The minimum Gasteiger partial charge on any atom is -0.507 e. The molecule has 0 atom stereocenters. The van der Waals surface area contributed by atoms with Gasteiger partial charge in [0.25, 0.3) is 0 Å². The van der Waals surface area contributed by atoms with Gasteiger partial charge in [-0.2, -0.15) is 0 Å². The van der Waals surface area contributed by atoms with E-state index in [9.17, 15) is 5.11 Å². The largest absolute Gasteiger partial charge is 0.507 e. The molecule has 0 amide bonds. The summed E-state index contributed by atoms with van der Waals surface area (Å²) in [6, 6.07) is 0. The Morgan fingerprint density at radius 1 is 0.282 bits per heavy atom. The van der Waals surface area contributed by atoms with E-state index in [4.69, 9.17) is 0 Å². The number of benzene rings is 1. The maximum Gasteiger partial charge on any atom is 0.122 e. The molecule has 1 aromatic rings. The van der Waals surface area contributed by atoms with Crippen LogP contribution in [0.2, 0.25) is 0 Å². The normalized spacial score (nSPS) is 11.5. The summed E-state index contributed by atoms with van der Waals surface area (Å²) in [6.45, 7) is 11.5. The molecule has 0 radical (unpaired) electrons. The number of aromatic hydroxyl groups is 1. The van der Waals surface area contributed by atoms with E-state index in [0.717, 1.165) is 18.6 Å². The molecule has 0 saturated heterocycles. The van der Waals surface area contributed by atoms with Gasteiger partial charge in [-0.15, -0.1) is 0 Å². The Kier molecular flexibility index (Phi) is 22.9. The summed E-state index contributed by atoms with van der Waals surface area (Å²) in [6.07, 6.45) is 34.7. The molecule has 0 spiro atoms. The van der Waals surface area contributed by atoms with Crippen molar-refractivity contribution in [1.82, 2.24) is 0 Å². The molecule has 0 aliphatic rings. The molecule has 39 heavy (non-hydrogen) atoms. The summed E-state index contributed by atoms with van der Waals surface area (Å²) in [5, 5.41) is 11.9. The third-order valence-corrected chi connectivity index (χ3v) is 8.93. The van der Waals surface area contributed by atoms with Gasteiger partial charge in [0.15, 0.2) is 0 Å². The zero-order valence-corrected chi connectivity index (χ0v) is 27.5. The first-order chi connectivity index (χ1) is 19.2. The molecule has 1 nitrogen and oxygen atoms in total. The summed E-state index contributed by atoms with van der Waals surface area (Å²) < 4.78 is 0. The Labute approximate surface area is 246 Å².